The Balaban J connectivity index is 1.38. The van der Waals surface area contributed by atoms with Gasteiger partial charge in [0.1, 0.15) is 29.0 Å². The van der Waals surface area contributed by atoms with Crippen LogP contribution in [0.3, 0.4) is 0 Å². The molecule has 1 saturated heterocycles. The highest BCUT2D eigenvalue weighted by Crippen LogP contribution is 2.43. The Morgan fingerprint density at radius 2 is 1.61 bits per heavy atom. The first-order chi connectivity index (χ1) is 22.2. The number of esters is 1. The molecule has 3 aromatic carbocycles. The second-order valence-corrected chi connectivity index (χ2v) is 11.5. The number of allylic oxidation sites excluding steroid dienone is 1. The number of fused-ring (bicyclic) bond motifs is 1. The number of carbonyl (C=O) groups excluding carboxylic acids is 1. The van der Waals surface area contributed by atoms with Crippen LogP contribution in [0.4, 0.5) is 20.4 Å². The van der Waals surface area contributed by atoms with Crippen LogP contribution in [0.5, 0.6) is 5.75 Å². The molecule has 1 fully saturated rings. The van der Waals surface area contributed by atoms with Crippen LogP contribution in [0.15, 0.2) is 88.9 Å². The van der Waals surface area contributed by atoms with Crippen LogP contribution in [-0.4, -0.2) is 58.3 Å². The number of ether oxygens (including phenoxy) is 1. The molecule has 2 N–H and O–H groups in total. The molecule has 0 amide bonds. The van der Waals surface area contributed by atoms with Crippen molar-refractivity contribution in [1.29, 1.82) is 0 Å². The maximum Gasteiger partial charge on any atom is 0.355 e. The Bertz CT molecular complexity index is 1800. The largest absolute Gasteiger partial charge is 0.508 e. The van der Waals surface area contributed by atoms with Gasteiger partial charge in [0, 0.05) is 49.4 Å². The number of hydrogen-bond donors (Lipinski definition) is 2. The van der Waals surface area contributed by atoms with Crippen LogP contribution in [-0.2, 0) is 9.53 Å². The molecule has 4 aromatic rings. The van der Waals surface area contributed by atoms with E-state index >= 15 is 0 Å². The predicted molar refractivity (Wildman–Crippen MR) is 171 cm³/mol. The molecule has 2 aliphatic rings. The maximum absolute atomic E-state index is 13.8. The second kappa shape index (κ2) is 12.8. The van der Waals surface area contributed by atoms with Crippen LogP contribution in [0.25, 0.3) is 5.69 Å². The molecule has 0 aliphatic carbocycles. The molecule has 0 spiro atoms. The van der Waals surface area contributed by atoms with Crippen LogP contribution in [0.2, 0.25) is 0 Å². The van der Waals surface area contributed by atoms with Gasteiger partial charge in [-0.05, 0) is 61.4 Å². The van der Waals surface area contributed by atoms with Gasteiger partial charge in [-0.1, -0.05) is 37.3 Å². The van der Waals surface area contributed by atoms with Crippen molar-refractivity contribution in [1.82, 2.24) is 14.5 Å². The van der Waals surface area contributed by atoms with Crippen molar-refractivity contribution in [2.24, 2.45) is 0 Å². The Morgan fingerprint density at radius 3 is 2.17 bits per heavy atom. The zero-order valence-corrected chi connectivity index (χ0v) is 25.8. The van der Waals surface area contributed by atoms with E-state index in [2.05, 4.69) is 15.2 Å². The fourth-order valence-electron chi connectivity index (χ4n) is 6.51. The summed E-state index contributed by atoms with van der Waals surface area (Å²) in [5, 5.41) is 13.5. The number of piperazine rings is 1. The minimum atomic E-state index is -0.538. The van der Waals surface area contributed by atoms with E-state index in [1.165, 1.54) is 41.0 Å². The monoisotopic (exact) mass is 627 g/mol. The summed E-state index contributed by atoms with van der Waals surface area (Å²) < 4.78 is 34.5. The standard InChI is InChI=1S/C35H35F2N5O4/c1-4-46-34(44)29-21(2)30-32(39-35(45)42(33(30)38-22(29)3)27-6-5-7-28(43)20-27)41-18-16-40(17-19-41)31(23-8-12-25(36)13-9-23)24-10-14-26(37)15-11-24/h5-15,20-21,31,38,43H,4,16-19H2,1-3H3. The van der Waals surface area contributed by atoms with Gasteiger partial charge in [0.2, 0.25) is 0 Å². The predicted octanol–water partition coefficient (Wildman–Crippen LogP) is 5.49. The molecule has 3 heterocycles. The number of phenols is 1. The SMILES string of the molecule is CCOC(=O)C1=C(C)Nc2c(c(N3CCN(C(c4ccc(F)cc4)c4ccc(F)cc4)CC3)nc(=O)n2-c2cccc(O)c2)C1C. The summed E-state index contributed by atoms with van der Waals surface area (Å²) >= 11 is 0. The fourth-order valence-corrected chi connectivity index (χ4v) is 6.51. The quantitative estimate of drug-likeness (QED) is 0.260. The Morgan fingerprint density at radius 1 is 1.00 bits per heavy atom. The summed E-state index contributed by atoms with van der Waals surface area (Å²) in [7, 11) is 0. The van der Waals surface area contributed by atoms with Gasteiger partial charge in [-0.25, -0.2) is 22.9 Å². The van der Waals surface area contributed by atoms with Crippen molar-refractivity contribution in [2.75, 3.05) is 43.0 Å². The highest BCUT2D eigenvalue weighted by molar-refractivity contribution is 5.94. The number of hydrogen-bond acceptors (Lipinski definition) is 8. The fraction of sp³-hybridized carbons (Fsp3) is 0.286. The number of halogens is 2. The molecule has 9 nitrogen and oxygen atoms in total. The third-order valence-electron chi connectivity index (χ3n) is 8.62. The van der Waals surface area contributed by atoms with Crippen molar-refractivity contribution in [3.8, 4) is 11.4 Å². The van der Waals surface area contributed by atoms with E-state index in [1.54, 1.807) is 50.2 Å². The van der Waals surface area contributed by atoms with Crippen molar-refractivity contribution in [3.63, 3.8) is 0 Å². The molecule has 11 heteroatoms. The van der Waals surface area contributed by atoms with Gasteiger partial charge in [-0.3, -0.25) is 4.90 Å². The van der Waals surface area contributed by atoms with Gasteiger partial charge in [0.05, 0.1) is 23.9 Å². The number of aromatic hydroxyl groups is 1. The molecule has 0 saturated carbocycles. The topological polar surface area (TPSA) is 99.9 Å². The Kier molecular flexibility index (Phi) is 8.59. The highest BCUT2D eigenvalue weighted by atomic mass is 19.1. The third-order valence-corrected chi connectivity index (χ3v) is 8.62. The zero-order chi connectivity index (χ0) is 32.5. The van der Waals surface area contributed by atoms with E-state index in [0.29, 0.717) is 60.3 Å². The summed E-state index contributed by atoms with van der Waals surface area (Å²) in [6.07, 6.45) is 0. The molecular weight excluding hydrogens is 592 g/mol. The van der Waals surface area contributed by atoms with Gasteiger partial charge >= 0.3 is 11.7 Å². The molecule has 0 bridgehead atoms. The van der Waals surface area contributed by atoms with E-state index in [4.69, 9.17) is 4.74 Å². The number of rotatable bonds is 7. The number of carbonyl (C=O) groups is 1. The average Bonchev–Trinajstić information content (AvgIpc) is 3.03. The van der Waals surface area contributed by atoms with Crippen molar-refractivity contribution < 1.29 is 23.4 Å². The minimum absolute atomic E-state index is 0.00135. The first kappa shape index (κ1) is 31.0. The van der Waals surface area contributed by atoms with E-state index < -0.39 is 17.6 Å². The molecule has 6 rings (SSSR count). The lowest BCUT2D eigenvalue weighted by atomic mass is 9.88. The van der Waals surface area contributed by atoms with E-state index in [9.17, 15) is 23.5 Å². The van der Waals surface area contributed by atoms with Crippen molar-refractivity contribution in [3.05, 3.63) is 123 Å². The molecule has 46 heavy (non-hydrogen) atoms. The first-order valence-electron chi connectivity index (χ1n) is 15.3. The minimum Gasteiger partial charge on any atom is -0.508 e. The number of anilines is 2. The first-order valence-corrected chi connectivity index (χ1v) is 15.3. The van der Waals surface area contributed by atoms with Crippen LogP contribution in [0.1, 0.15) is 49.4 Å². The molecular formula is C35H35F2N5O4. The lowest BCUT2D eigenvalue weighted by Crippen LogP contribution is -2.49. The van der Waals surface area contributed by atoms with Gasteiger partial charge in [-0.15, -0.1) is 0 Å². The number of aromatic nitrogens is 2. The summed E-state index contributed by atoms with van der Waals surface area (Å²) in [5.74, 6) is -0.654. The van der Waals surface area contributed by atoms with Crippen LogP contribution in [0, 0.1) is 11.6 Å². The molecule has 1 atom stereocenters. The normalized spacial score (nSPS) is 16.7. The summed E-state index contributed by atoms with van der Waals surface area (Å²) in [4.78, 5) is 35.7. The zero-order valence-electron chi connectivity index (χ0n) is 25.8. The molecule has 238 valence electrons. The molecule has 1 unspecified atom stereocenters. The van der Waals surface area contributed by atoms with E-state index in [1.807, 2.05) is 11.8 Å². The second-order valence-electron chi connectivity index (χ2n) is 11.5. The Hall–Kier alpha value is -5.03. The number of nitrogens with zero attached hydrogens (tertiary/aromatic N) is 4. The highest BCUT2D eigenvalue weighted by Gasteiger charge is 2.37. The van der Waals surface area contributed by atoms with Crippen LogP contribution >= 0.6 is 0 Å². The van der Waals surface area contributed by atoms with Crippen LogP contribution < -0.4 is 15.9 Å². The summed E-state index contributed by atoms with van der Waals surface area (Å²) in [6, 6.07) is 18.8. The summed E-state index contributed by atoms with van der Waals surface area (Å²) in [6.45, 7) is 7.75. The smallest absolute Gasteiger partial charge is 0.355 e. The summed E-state index contributed by atoms with van der Waals surface area (Å²) in [5.41, 5.74) is 3.33. The van der Waals surface area contributed by atoms with Gasteiger partial charge in [0.15, 0.2) is 0 Å². The Labute approximate surface area is 265 Å². The third kappa shape index (κ3) is 5.85. The van der Waals surface area contributed by atoms with E-state index in [-0.39, 0.29) is 30.0 Å². The number of benzene rings is 3. The molecule has 1 aromatic heterocycles. The van der Waals surface area contributed by atoms with Crippen molar-refractivity contribution in [2.45, 2.75) is 32.7 Å². The maximum atomic E-state index is 13.8. The van der Waals surface area contributed by atoms with Gasteiger partial charge in [-0.2, -0.15) is 4.98 Å². The van der Waals surface area contributed by atoms with E-state index in [0.717, 1.165) is 11.1 Å². The molecule has 0 radical (unpaired) electrons. The number of nitrogens with one attached hydrogen (secondary N) is 1. The average molecular weight is 628 g/mol. The number of phenolic OH excluding ortho intramolecular Hbond substituents is 1. The van der Waals surface area contributed by atoms with Gasteiger partial charge in [0.25, 0.3) is 0 Å². The van der Waals surface area contributed by atoms with Gasteiger partial charge < -0.3 is 20.1 Å². The molecule has 2 aliphatic heterocycles. The van der Waals surface area contributed by atoms with Crippen molar-refractivity contribution >= 4 is 17.6 Å². The lowest BCUT2D eigenvalue weighted by molar-refractivity contribution is -0.138. The lowest BCUT2D eigenvalue weighted by Gasteiger charge is -2.41.